The summed E-state index contributed by atoms with van der Waals surface area (Å²) in [6.07, 6.45) is 3.13. The molecule has 1 aliphatic carbocycles. The second-order valence-corrected chi connectivity index (χ2v) is 30.2. The number of amides is 4. The number of nitrogens with one attached hydrogen (secondary N) is 8. The number of H-pyrrole nitrogens is 3. The molecule has 28 nitrogen and oxygen atoms in total. The molecule has 554 valence electrons. The van der Waals surface area contributed by atoms with Crippen LogP contribution in [0.5, 0.6) is 0 Å². The van der Waals surface area contributed by atoms with E-state index in [0.717, 1.165) is 23.4 Å². The SMILES string of the molecule is CCNC(=O)C[C@H](CC(=O)CCCNC(=O)c1ccc(NCc2cnc3nc(N)[nH]c(=O)c3n2)cc1)C(=O)N[C@@H](CSSCCCC(=O)C(CCCNC(=O)CC[C@@H]1c2nc(cc3[nH]c(cc4nc(cc5[nH]c6c(c5C)C(=O)C(C(=O)OC)c26)[C@H](CC)[C@H]4C)c(C(C)=O)c3C)[C@H]1C)[N+](C)(C)C)OC=O. The van der Waals surface area contributed by atoms with Crippen LogP contribution in [0.15, 0.2) is 53.5 Å². The maximum absolute atomic E-state index is 14.6. The quantitative estimate of drug-likeness (QED) is 0.00260. The third-order valence-electron chi connectivity index (χ3n) is 19.6. The number of aromatic nitrogens is 8. The number of anilines is 2. The summed E-state index contributed by atoms with van der Waals surface area (Å²) in [5.74, 6) is -5.52. The summed E-state index contributed by atoms with van der Waals surface area (Å²) >= 11 is 0. The summed E-state index contributed by atoms with van der Waals surface area (Å²) in [5.41, 5.74) is 14.9. The number of Topliss-reactive ketones (excluding diaryl/α,β-unsaturated/α-hetero) is 4. The Labute approximate surface area is 610 Å². The Bertz CT molecular complexity index is 4510. The van der Waals surface area contributed by atoms with Gasteiger partial charge in [-0.2, -0.15) is 4.98 Å². The van der Waals surface area contributed by atoms with Crippen molar-refractivity contribution in [2.75, 3.05) is 70.4 Å². The van der Waals surface area contributed by atoms with Crippen molar-refractivity contribution in [3.8, 4) is 0 Å². The first-order valence-electron chi connectivity index (χ1n) is 35.2. The number of hydrogen-bond donors (Lipinski definition) is 9. The van der Waals surface area contributed by atoms with Crippen molar-refractivity contribution >= 4 is 126 Å². The second kappa shape index (κ2) is 35.2. The third-order valence-corrected chi connectivity index (χ3v) is 22.0. The summed E-state index contributed by atoms with van der Waals surface area (Å²) in [4.78, 5) is 178. The van der Waals surface area contributed by atoms with E-state index in [4.69, 9.17) is 25.2 Å². The lowest BCUT2D eigenvalue weighted by Gasteiger charge is -2.33. The minimum absolute atomic E-state index is 0.0107. The molecule has 0 fully saturated rings. The first-order valence-corrected chi connectivity index (χ1v) is 37.7. The Kier molecular flexibility index (Phi) is 26.6. The van der Waals surface area contributed by atoms with Crippen molar-refractivity contribution in [2.45, 2.75) is 167 Å². The molecule has 7 heterocycles. The van der Waals surface area contributed by atoms with E-state index >= 15 is 0 Å². The Morgan fingerprint density at radius 1 is 0.769 bits per heavy atom. The van der Waals surface area contributed by atoms with E-state index in [1.165, 1.54) is 34.9 Å². The van der Waals surface area contributed by atoms with Crippen molar-refractivity contribution in [2.24, 2.45) is 5.92 Å². The fraction of sp³-hybridized carbons (Fsp3) is 0.486. The largest absolute Gasteiger partial charge is 0.468 e. The molecule has 3 aliphatic rings. The van der Waals surface area contributed by atoms with Gasteiger partial charge in [-0.3, -0.25) is 67.7 Å². The van der Waals surface area contributed by atoms with Crippen LogP contribution in [0.1, 0.15) is 211 Å². The number of quaternary nitrogens is 1. The van der Waals surface area contributed by atoms with Crippen molar-refractivity contribution in [1.29, 1.82) is 0 Å². The van der Waals surface area contributed by atoms with Crippen LogP contribution in [0.25, 0.3) is 33.2 Å². The standard InChI is InChI=1S/C74H93N15O13S2/c1-12-48-38(3)50-33-55-61(42(7)91)40(5)52(83-55)31-51-39(4)49(65(84-51)63-64(73(100)101-11)68(96)62-41(6)53(85-66(62)63)32-54(48)82-50)24-25-58(94)77-26-15-18-56(89(8,9)10)57(93)19-16-28-103-104-36-60(102-37-90)86-71(98)44(30-59(95)76-13-2)29-47(92)17-14-27-78-70(97)43-20-22-45(23-21-43)79-34-46-35-80-69-67(81-46)72(99)88-74(75)87-69/h20-23,31-33,35,37-39,44,48-49,56,60,64H,12-19,24-30,34,36H2,1-11H3,(H9-,75,76,77,78,79,80,81,82,83,84,85,86,87,88,91,94,95,96,97,98,99)/p+1/t38-,39+,44+,48-,49+,56?,60-,64?/m1/s1. The number of carbonyl (C=O) groups excluding carboxylic acids is 10. The molecule has 9 rings (SSSR count). The number of rotatable bonds is 36. The van der Waals surface area contributed by atoms with Crippen LogP contribution >= 0.6 is 21.6 Å². The number of ether oxygens (including phenoxy) is 2. The number of nitrogens with zero attached hydrogens (tertiary/aromatic N) is 6. The number of nitrogens with two attached hydrogens (primary N) is 1. The average Bonchev–Trinajstić information content (AvgIpc) is 1.56. The molecular formula is C74H94N15O13S2+. The van der Waals surface area contributed by atoms with Gasteiger partial charge in [0.2, 0.25) is 23.7 Å². The molecule has 8 bridgehead atoms. The third kappa shape index (κ3) is 18.8. The predicted molar refractivity (Wildman–Crippen MR) is 398 cm³/mol. The predicted octanol–water partition coefficient (Wildman–Crippen LogP) is 8.40. The smallest absolute Gasteiger partial charge is 0.321 e. The maximum atomic E-state index is 14.6. The molecule has 0 saturated carbocycles. The Balaban J connectivity index is 0.738. The van der Waals surface area contributed by atoms with Crippen molar-refractivity contribution in [1.82, 2.24) is 61.1 Å². The molecule has 8 atom stereocenters. The summed E-state index contributed by atoms with van der Waals surface area (Å²) in [6.45, 7) is 14.5. The highest BCUT2D eigenvalue weighted by Crippen LogP contribution is 2.49. The van der Waals surface area contributed by atoms with Gasteiger partial charge in [0.1, 0.15) is 17.7 Å². The number of methoxy groups -OCH3 is 1. The Morgan fingerprint density at radius 3 is 2.17 bits per heavy atom. The van der Waals surface area contributed by atoms with Crippen molar-refractivity contribution in [3.05, 3.63) is 121 Å². The first kappa shape index (κ1) is 78.5. The van der Waals surface area contributed by atoms with Crippen molar-refractivity contribution < 1.29 is 61.9 Å². The van der Waals surface area contributed by atoms with E-state index in [1.807, 2.05) is 60.1 Å². The maximum Gasteiger partial charge on any atom is 0.321 e. The van der Waals surface area contributed by atoms with Crippen molar-refractivity contribution in [3.63, 3.8) is 0 Å². The zero-order chi connectivity index (χ0) is 75.3. The zero-order valence-electron chi connectivity index (χ0n) is 60.7. The fourth-order valence-corrected chi connectivity index (χ4v) is 16.1. The molecule has 104 heavy (non-hydrogen) atoms. The molecule has 0 radical (unpaired) electrons. The number of benzene rings is 1. The number of hydrogen-bond acceptors (Lipinski definition) is 22. The normalized spacial score (nSPS) is 17.0. The van der Waals surface area contributed by atoms with Crippen LogP contribution in [0.2, 0.25) is 0 Å². The van der Waals surface area contributed by atoms with Gasteiger partial charge in [0.25, 0.3) is 17.9 Å². The molecule has 0 saturated heterocycles. The molecule has 1 aromatic carbocycles. The van der Waals surface area contributed by atoms with E-state index < -0.39 is 53.1 Å². The van der Waals surface area contributed by atoms with Gasteiger partial charge in [-0.15, -0.1) is 0 Å². The van der Waals surface area contributed by atoms with Gasteiger partial charge in [0, 0.05) is 144 Å². The monoisotopic (exact) mass is 1460 g/mol. The molecule has 4 amide bonds. The van der Waals surface area contributed by atoms with Gasteiger partial charge in [-0.1, -0.05) is 42.4 Å². The molecule has 30 heteroatoms. The van der Waals surface area contributed by atoms with Crippen LogP contribution in [0.4, 0.5) is 11.6 Å². The highest BCUT2D eigenvalue weighted by molar-refractivity contribution is 8.76. The van der Waals surface area contributed by atoms with E-state index in [1.54, 1.807) is 38.1 Å². The second-order valence-electron chi connectivity index (χ2n) is 27.6. The minimum atomic E-state index is -1.29. The number of likely N-dealkylation sites (N-methyl/N-ethyl adjacent to an activating group) is 1. The molecule has 10 N–H and O–H groups in total. The number of nitrogen functional groups attached to an aromatic ring is 1. The van der Waals surface area contributed by atoms with E-state index in [-0.39, 0.29) is 134 Å². The summed E-state index contributed by atoms with van der Waals surface area (Å²) in [5, 5.41) is 14.4. The average molecular weight is 1470 g/mol. The Hall–Kier alpha value is -9.68. The Morgan fingerprint density at radius 2 is 1.47 bits per heavy atom. The fourth-order valence-electron chi connectivity index (χ4n) is 14.0. The van der Waals surface area contributed by atoms with Gasteiger partial charge in [0.05, 0.1) is 75.1 Å². The molecule has 0 spiro atoms. The molecule has 2 unspecified atom stereocenters. The van der Waals surface area contributed by atoms with Crippen LogP contribution in [0, 0.1) is 19.8 Å². The summed E-state index contributed by atoms with van der Waals surface area (Å²) in [6, 6.07) is 12.1. The van der Waals surface area contributed by atoms with Crippen LogP contribution in [0.3, 0.4) is 0 Å². The number of aromatic amines is 3. The van der Waals surface area contributed by atoms with Crippen LogP contribution in [-0.2, 0) is 49.6 Å². The number of aryl methyl sites for hydroxylation is 2. The molecule has 2 aliphatic heterocycles. The van der Waals surface area contributed by atoms with Gasteiger partial charge < -0.3 is 56.2 Å². The van der Waals surface area contributed by atoms with Crippen LogP contribution in [-0.4, -0.2) is 175 Å². The zero-order valence-corrected chi connectivity index (χ0v) is 62.4. The molecular weight excluding hydrogens is 1370 g/mol. The van der Waals surface area contributed by atoms with Gasteiger partial charge >= 0.3 is 5.97 Å². The van der Waals surface area contributed by atoms with Gasteiger partial charge in [0.15, 0.2) is 34.7 Å². The number of carbonyl (C=O) groups is 10. The first-order chi connectivity index (χ1) is 49.6. The number of ketones is 4. The summed E-state index contributed by atoms with van der Waals surface area (Å²) < 4.78 is 10.9. The minimum Gasteiger partial charge on any atom is -0.468 e. The van der Waals surface area contributed by atoms with E-state index in [9.17, 15) is 52.7 Å². The highest BCUT2D eigenvalue weighted by atomic mass is 33.1. The number of esters is 1. The lowest BCUT2D eigenvalue weighted by molar-refractivity contribution is -0.886. The summed E-state index contributed by atoms with van der Waals surface area (Å²) in [7, 11) is 9.88. The number of fused-ring (bicyclic) bond motifs is 9. The topological polar surface area (TPSA) is 404 Å². The molecule has 6 aromatic rings. The lowest BCUT2D eigenvalue weighted by Crippen LogP contribution is -2.50. The van der Waals surface area contributed by atoms with Crippen LogP contribution < -0.4 is 37.9 Å². The van der Waals surface area contributed by atoms with Gasteiger partial charge in [-0.05, 0) is 113 Å². The van der Waals surface area contributed by atoms with E-state index in [2.05, 4.69) is 70.3 Å². The lowest BCUT2D eigenvalue weighted by atomic mass is 9.84. The molecule has 5 aromatic heterocycles. The van der Waals surface area contributed by atoms with Gasteiger partial charge in [-0.25, -0.2) is 9.97 Å². The highest BCUT2D eigenvalue weighted by Gasteiger charge is 2.46. The van der Waals surface area contributed by atoms with E-state index in [0.29, 0.717) is 122 Å².